The third-order valence-electron chi connectivity index (χ3n) is 4.77. The van der Waals surface area contributed by atoms with Gasteiger partial charge in [-0.05, 0) is 45.2 Å². The van der Waals surface area contributed by atoms with Gasteiger partial charge in [0.1, 0.15) is 23.7 Å². The number of rotatable bonds is 6. The minimum Gasteiger partial charge on any atom is -0.254 e. The third kappa shape index (κ3) is 4.22. The van der Waals surface area contributed by atoms with Crippen LogP contribution < -0.4 is 0 Å². The van der Waals surface area contributed by atoms with Crippen molar-refractivity contribution in [2.45, 2.75) is 18.0 Å². The van der Waals surface area contributed by atoms with E-state index in [1.165, 1.54) is 17.4 Å². The van der Waals surface area contributed by atoms with Gasteiger partial charge in [-0.15, -0.1) is 21.3 Å². The molecule has 166 valence electrons. The Morgan fingerprint density at radius 3 is 2.58 bits per heavy atom. The standard InChI is InChI=1S/C21H12F4N6OS/c22-15-5-7-17(18(23)10-15)20(28-32,12-31-13-27-29-30-31)21(24,25)19-8-4-14(11-26-19)3-6-16-2-1-9-33-16/h1-2,4-5,7-11,13H,12H2. The first kappa shape index (κ1) is 22.2. The lowest BCUT2D eigenvalue weighted by molar-refractivity contribution is -0.0980. The van der Waals surface area contributed by atoms with E-state index >= 15 is 8.78 Å². The number of halogens is 4. The van der Waals surface area contributed by atoms with Gasteiger partial charge in [-0.25, -0.2) is 13.5 Å². The van der Waals surface area contributed by atoms with E-state index < -0.39 is 40.9 Å². The van der Waals surface area contributed by atoms with Crippen molar-refractivity contribution in [3.8, 4) is 11.8 Å². The molecule has 0 radical (unpaired) electrons. The van der Waals surface area contributed by atoms with Crippen molar-refractivity contribution in [3.05, 3.63) is 98.6 Å². The fraction of sp³-hybridized carbons (Fsp3) is 0.143. The Balaban J connectivity index is 1.79. The third-order valence-corrected chi connectivity index (χ3v) is 5.56. The van der Waals surface area contributed by atoms with E-state index in [2.05, 4.69) is 37.5 Å². The van der Waals surface area contributed by atoms with Crippen molar-refractivity contribution in [2.75, 3.05) is 0 Å². The van der Waals surface area contributed by atoms with Gasteiger partial charge in [0.15, 0.2) is 0 Å². The number of nitrogens with zero attached hydrogens (tertiary/aromatic N) is 6. The quantitative estimate of drug-likeness (QED) is 0.238. The molecule has 1 unspecified atom stereocenters. The van der Waals surface area contributed by atoms with E-state index in [1.54, 1.807) is 6.07 Å². The normalized spacial score (nSPS) is 13.1. The van der Waals surface area contributed by atoms with Gasteiger partial charge in [0.05, 0.1) is 11.4 Å². The summed E-state index contributed by atoms with van der Waals surface area (Å²) in [4.78, 5) is 16.5. The van der Waals surface area contributed by atoms with Gasteiger partial charge in [-0.2, -0.15) is 8.78 Å². The summed E-state index contributed by atoms with van der Waals surface area (Å²) in [6, 6.07) is 7.77. The van der Waals surface area contributed by atoms with Crippen molar-refractivity contribution in [3.63, 3.8) is 0 Å². The van der Waals surface area contributed by atoms with Crippen LogP contribution in [0, 0.1) is 28.4 Å². The van der Waals surface area contributed by atoms with Crippen molar-refractivity contribution < 1.29 is 17.6 Å². The maximum Gasteiger partial charge on any atom is 0.323 e. The SMILES string of the molecule is O=NC(Cn1cnnn1)(c1ccc(F)cc1F)C(F)(F)c1ccc(C#Cc2cccs2)cn1. The highest BCUT2D eigenvalue weighted by molar-refractivity contribution is 7.10. The van der Waals surface area contributed by atoms with Crippen LogP contribution in [0.4, 0.5) is 17.6 Å². The van der Waals surface area contributed by atoms with Gasteiger partial charge in [0, 0.05) is 23.4 Å². The smallest absolute Gasteiger partial charge is 0.254 e. The number of hydrogen-bond donors (Lipinski definition) is 0. The molecule has 7 nitrogen and oxygen atoms in total. The summed E-state index contributed by atoms with van der Waals surface area (Å²) >= 11 is 1.42. The van der Waals surface area contributed by atoms with Gasteiger partial charge in [0.25, 0.3) is 0 Å². The van der Waals surface area contributed by atoms with Crippen LogP contribution >= 0.6 is 11.3 Å². The van der Waals surface area contributed by atoms with Crippen LogP contribution in [-0.4, -0.2) is 25.2 Å². The second-order valence-corrected chi connectivity index (χ2v) is 7.76. The maximum absolute atomic E-state index is 15.8. The predicted molar refractivity (Wildman–Crippen MR) is 110 cm³/mol. The number of pyridine rings is 1. The van der Waals surface area contributed by atoms with Crippen molar-refractivity contribution >= 4 is 11.3 Å². The molecule has 0 saturated carbocycles. The molecular weight excluding hydrogens is 460 g/mol. The van der Waals surface area contributed by atoms with Crippen molar-refractivity contribution in [2.24, 2.45) is 5.18 Å². The van der Waals surface area contributed by atoms with Gasteiger partial charge < -0.3 is 0 Å². The predicted octanol–water partition coefficient (Wildman–Crippen LogP) is 4.26. The second kappa shape index (κ2) is 8.87. The highest BCUT2D eigenvalue weighted by atomic mass is 32.1. The molecule has 0 fully saturated rings. The molecule has 4 rings (SSSR count). The Kier molecular flexibility index (Phi) is 5.97. The Labute approximate surface area is 188 Å². The number of tetrazole rings is 1. The van der Waals surface area contributed by atoms with E-state index in [9.17, 15) is 13.7 Å². The second-order valence-electron chi connectivity index (χ2n) is 6.82. The van der Waals surface area contributed by atoms with Crippen LogP contribution in [0.3, 0.4) is 0 Å². The van der Waals surface area contributed by atoms with Crippen LogP contribution in [0.2, 0.25) is 0 Å². The van der Waals surface area contributed by atoms with Gasteiger partial charge in [-0.1, -0.05) is 24.0 Å². The van der Waals surface area contributed by atoms with Crippen LogP contribution in [0.15, 0.2) is 65.5 Å². The molecule has 1 aromatic carbocycles. The molecule has 33 heavy (non-hydrogen) atoms. The van der Waals surface area contributed by atoms with Crippen molar-refractivity contribution in [1.29, 1.82) is 0 Å². The van der Waals surface area contributed by atoms with Gasteiger partial charge in [-0.3, -0.25) is 4.98 Å². The summed E-state index contributed by atoms with van der Waals surface area (Å²) in [5, 5.41) is 14.7. The summed E-state index contributed by atoms with van der Waals surface area (Å²) in [5.41, 5.74) is -4.42. The molecule has 0 aliphatic rings. The average molecular weight is 472 g/mol. The first-order valence-corrected chi connectivity index (χ1v) is 10.1. The minimum atomic E-state index is -4.14. The highest BCUT2D eigenvalue weighted by Gasteiger charge is 2.61. The number of nitroso groups, excluding NO2 is 1. The van der Waals surface area contributed by atoms with E-state index in [1.807, 2.05) is 11.4 Å². The van der Waals surface area contributed by atoms with Crippen LogP contribution in [0.1, 0.15) is 21.7 Å². The molecule has 12 heteroatoms. The lowest BCUT2D eigenvalue weighted by Crippen LogP contribution is -2.46. The lowest BCUT2D eigenvalue weighted by Gasteiger charge is -2.34. The molecular formula is C21H12F4N6OS. The number of benzene rings is 1. The summed E-state index contributed by atoms with van der Waals surface area (Å²) in [7, 11) is 0. The molecule has 4 aromatic rings. The fourth-order valence-corrected chi connectivity index (χ4v) is 3.72. The zero-order valence-electron chi connectivity index (χ0n) is 16.5. The molecule has 3 aromatic heterocycles. The Bertz CT molecular complexity index is 1320. The number of alkyl halides is 2. The molecule has 1 atom stereocenters. The average Bonchev–Trinajstić information content (AvgIpc) is 3.51. The van der Waals surface area contributed by atoms with Crippen LogP contribution in [-0.2, 0) is 18.0 Å². The van der Waals surface area contributed by atoms with Gasteiger partial charge >= 0.3 is 5.92 Å². The zero-order chi connectivity index (χ0) is 23.5. The Morgan fingerprint density at radius 2 is 1.97 bits per heavy atom. The Morgan fingerprint density at radius 1 is 1.12 bits per heavy atom. The van der Waals surface area contributed by atoms with E-state index in [0.717, 1.165) is 40.3 Å². The molecule has 0 bridgehead atoms. The first-order valence-electron chi connectivity index (χ1n) is 9.26. The summed E-state index contributed by atoms with van der Waals surface area (Å²) in [6.45, 7) is -0.930. The van der Waals surface area contributed by atoms with Gasteiger partial charge in [0.2, 0.25) is 5.54 Å². The topological polar surface area (TPSA) is 85.9 Å². The molecule has 3 heterocycles. The summed E-state index contributed by atoms with van der Waals surface area (Å²) in [5.74, 6) is -0.852. The monoisotopic (exact) mass is 472 g/mol. The zero-order valence-corrected chi connectivity index (χ0v) is 17.3. The van der Waals surface area contributed by atoms with Crippen LogP contribution in [0.25, 0.3) is 0 Å². The molecule has 0 spiro atoms. The van der Waals surface area contributed by atoms with E-state index in [-0.39, 0.29) is 0 Å². The number of thiophene rings is 1. The lowest BCUT2D eigenvalue weighted by atomic mass is 9.82. The minimum absolute atomic E-state index is 0.348. The van der Waals surface area contributed by atoms with E-state index in [0.29, 0.717) is 11.6 Å². The Hall–Kier alpha value is -3.98. The molecule has 0 aliphatic heterocycles. The number of aromatic nitrogens is 5. The number of hydrogen-bond acceptors (Lipinski definition) is 7. The maximum atomic E-state index is 15.8. The molecule has 0 amide bonds. The first-order chi connectivity index (χ1) is 15.9. The fourth-order valence-electron chi connectivity index (χ4n) is 3.15. The molecule has 0 aliphatic carbocycles. The summed E-state index contributed by atoms with van der Waals surface area (Å²) < 4.78 is 60.6. The largest absolute Gasteiger partial charge is 0.323 e. The summed E-state index contributed by atoms with van der Waals surface area (Å²) in [6.07, 6.45) is 2.07. The molecule has 0 N–H and O–H groups in total. The highest BCUT2D eigenvalue weighted by Crippen LogP contribution is 2.49. The molecule has 0 saturated heterocycles. The van der Waals surface area contributed by atoms with Crippen molar-refractivity contribution in [1.82, 2.24) is 25.2 Å². The van der Waals surface area contributed by atoms with E-state index in [4.69, 9.17) is 0 Å². The van der Waals surface area contributed by atoms with Crippen LogP contribution in [0.5, 0.6) is 0 Å².